The molecule has 0 N–H and O–H groups in total. The number of halogens is 2. The number of carbonyl (C=O) groups excluding carboxylic acids is 1. The first-order valence-electron chi connectivity index (χ1n) is 8.24. The summed E-state index contributed by atoms with van der Waals surface area (Å²) < 4.78 is 14.4. The molecule has 3 rings (SSSR count). The summed E-state index contributed by atoms with van der Waals surface area (Å²) in [6.45, 7) is 4.74. The Morgan fingerprint density at radius 3 is 2.44 bits per heavy atom. The molecule has 1 fully saturated rings. The van der Waals surface area contributed by atoms with Gasteiger partial charge < -0.3 is 9.80 Å². The monoisotopic (exact) mass is 422 g/mol. The lowest BCUT2D eigenvalue weighted by Gasteiger charge is -2.37. The van der Waals surface area contributed by atoms with E-state index in [0.717, 1.165) is 28.1 Å². The van der Waals surface area contributed by atoms with E-state index in [1.165, 1.54) is 6.07 Å². The van der Waals surface area contributed by atoms with Crippen molar-refractivity contribution in [3.8, 4) is 0 Å². The van der Waals surface area contributed by atoms with Crippen LogP contribution in [0.3, 0.4) is 0 Å². The van der Waals surface area contributed by atoms with Crippen molar-refractivity contribution in [3.63, 3.8) is 0 Å². The van der Waals surface area contributed by atoms with Gasteiger partial charge in [0.05, 0.1) is 5.25 Å². The minimum atomic E-state index is -0.226. The Kier molecular flexibility index (Phi) is 6.02. The lowest BCUT2D eigenvalue weighted by molar-refractivity contribution is -0.130. The van der Waals surface area contributed by atoms with Crippen LogP contribution in [0.25, 0.3) is 0 Å². The fraction of sp³-hybridized carbons (Fsp3) is 0.316. The second-order valence-electron chi connectivity index (χ2n) is 6.01. The molecule has 132 valence electrons. The zero-order chi connectivity index (χ0) is 17.8. The maximum absolute atomic E-state index is 13.4. The SMILES string of the molecule is CC(Sc1ccc(Br)cc1)C(=O)N1CCN(c2cccc(F)c2)CC1. The molecule has 0 spiro atoms. The van der Waals surface area contributed by atoms with Gasteiger partial charge in [0.2, 0.25) is 5.91 Å². The second-order valence-corrected chi connectivity index (χ2v) is 8.34. The van der Waals surface area contributed by atoms with Gasteiger partial charge in [-0.05, 0) is 49.4 Å². The Hall–Kier alpha value is -1.53. The van der Waals surface area contributed by atoms with Crippen molar-refractivity contribution in [2.24, 2.45) is 0 Å². The Balaban J connectivity index is 1.54. The summed E-state index contributed by atoms with van der Waals surface area (Å²) in [4.78, 5) is 17.8. The molecule has 1 aliphatic rings. The van der Waals surface area contributed by atoms with Gasteiger partial charge in [-0.15, -0.1) is 11.8 Å². The standard InChI is InChI=1S/C19H20BrFN2OS/c1-14(25-18-7-5-15(20)6-8-18)19(24)23-11-9-22(10-12-23)17-4-2-3-16(21)13-17/h2-8,13-14H,9-12H2,1H3. The van der Waals surface area contributed by atoms with Crippen molar-refractivity contribution in [2.45, 2.75) is 17.1 Å². The number of anilines is 1. The highest BCUT2D eigenvalue weighted by molar-refractivity contribution is 9.10. The fourth-order valence-corrected chi connectivity index (χ4v) is 4.10. The van der Waals surface area contributed by atoms with Crippen LogP contribution in [0, 0.1) is 5.82 Å². The zero-order valence-electron chi connectivity index (χ0n) is 14.0. The quantitative estimate of drug-likeness (QED) is 0.681. The molecule has 0 bridgehead atoms. The molecule has 1 amide bonds. The summed E-state index contributed by atoms with van der Waals surface area (Å²) in [6, 6.07) is 14.6. The first kappa shape index (κ1) is 18.3. The van der Waals surface area contributed by atoms with Crippen molar-refractivity contribution in [1.82, 2.24) is 4.90 Å². The molecule has 0 radical (unpaired) electrons. The van der Waals surface area contributed by atoms with Crippen molar-refractivity contribution < 1.29 is 9.18 Å². The molecule has 6 heteroatoms. The minimum absolute atomic E-state index is 0.123. The van der Waals surface area contributed by atoms with Gasteiger partial charge in [-0.1, -0.05) is 22.0 Å². The van der Waals surface area contributed by atoms with E-state index < -0.39 is 0 Å². The smallest absolute Gasteiger partial charge is 0.235 e. The molecule has 0 aromatic heterocycles. The summed E-state index contributed by atoms with van der Waals surface area (Å²) >= 11 is 5.00. The lowest BCUT2D eigenvalue weighted by atomic mass is 10.2. The summed E-state index contributed by atoms with van der Waals surface area (Å²) in [5.74, 6) is -0.0673. The number of hydrogen-bond donors (Lipinski definition) is 0. The van der Waals surface area contributed by atoms with Crippen molar-refractivity contribution in [1.29, 1.82) is 0 Å². The first-order valence-corrected chi connectivity index (χ1v) is 9.92. The number of amides is 1. The van der Waals surface area contributed by atoms with E-state index in [9.17, 15) is 9.18 Å². The van der Waals surface area contributed by atoms with E-state index in [4.69, 9.17) is 0 Å². The highest BCUT2D eigenvalue weighted by Gasteiger charge is 2.25. The van der Waals surface area contributed by atoms with Gasteiger partial charge in [-0.3, -0.25) is 4.79 Å². The molecular formula is C19H20BrFN2OS. The summed E-state index contributed by atoms with van der Waals surface area (Å²) in [6.07, 6.45) is 0. The van der Waals surface area contributed by atoms with Crippen LogP contribution in [0.4, 0.5) is 10.1 Å². The minimum Gasteiger partial charge on any atom is -0.368 e. The third-order valence-electron chi connectivity index (χ3n) is 4.24. The number of nitrogens with zero attached hydrogens (tertiary/aromatic N) is 2. The van der Waals surface area contributed by atoms with Gasteiger partial charge in [-0.2, -0.15) is 0 Å². The predicted octanol–water partition coefficient (Wildman–Crippen LogP) is 4.42. The summed E-state index contributed by atoms with van der Waals surface area (Å²) in [5, 5.41) is -0.123. The van der Waals surface area contributed by atoms with Gasteiger partial charge in [-0.25, -0.2) is 4.39 Å². The van der Waals surface area contributed by atoms with Crippen LogP contribution < -0.4 is 4.90 Å². The molecule has 25 heavy (non-hydrogen) atoms. The molecule has 2 aromatic rings. The van der Waals surface area contributed by atoms with E-state index in [1.54, 1.807) is 23.9 Å². The Labute approximate surface area is 160 Å². The van der Waals surface area contributed by atoms with Crippen molar-refractivity contribution in [3.05, 3.63) is 58.8 Å². The third-order valence-corrected chi connectivity index (χ3v) is 5.87. The van der Waals surface area contributed by atoms with E-state index in [0.29, 0.717) is 13.1 Å². The van der Waals surface area contributed by atoms with Crippen LogP contribution in [0.5, 0.6) is 0 Å². The van der Waals surface area contributed by atoms with Crippen LogP contribution >= 0.6 is 27.7 Å². The lowest BCUT2D eigenvalue weighted by Crippen LogP contribution is -2.50. The van der Waals surface area contributed by atoms with Crippen LogP contribution in [-0.2, 0) is 4.79 Å². The molecule has 1 atom stereocenters. The van der Waals surface area contributed by atoms with Crippen molar-refractivity contribution >= 4 is 39.3 Å². The molecule has 3 nitrogen and oxygen atoms in total. The van der Waals surface area contributed by atoms with Gasteiger partial charge in [0, 0.05) is 41.2 Å². The molecule has 0 aliphatic carbocycles. The van der Waals surface area contributed by atoms with Crippen LogP contribution in [0.1, 0.15) is 6.92 Å². The van der Waals surface area contributed by atoms with Gasteiger partial charge >= 0.3 is 0 Å². The molecule has 2 aromatic carbocycles. The van der Waals surface area contributed by atoms with Crippen LogP contribution in [-0.4, -0.2) is 42.2 Å². The number of hydrogen-bond acceptors (Lipinski definition) is 3. The maximum atomic E-state index is 13.4. The number of rotatable bonds is 4. The van der Waals surface area contributed by atoms with Crippen LogP contribution in [0.15, 0.2) is 57.9 Å². The van der Waals surface area contributed by atoms with Gasteiger partial charge in [0.1, 0.15) is 5.82 Å². The predicted molar refractivity (Wildman–Crippen MR) is 105 cm³/mol. The largest absolute Gasteiger partial charge is 0.368 e. The normalized spacial score (nSPS) is 16.0. The van der Waals surface area contributed by atoms with Crippen molar-refractivity contribution in [2.75, 3.05) is 31.1 Å². The number of piperazine rings is 1. The highest BCUT2D eigenvalue weighted by atomic mass is 79.9. The molecule has 1 heterocycles. The van der Waals surface area contributed by atoms with E-state index >= 15 is 0 Å². The van der Waals surface area contributed by atoms with E-state index in [-0.39, 0.29) is 17.0 Å². The van der Waals surface area contributed by atoms with Gasteiger partial charge in [0.25, 0.3) is 0 Å². The average molecular weight is 423 g/mol. The van der Waals surface area contributed by atoms with E-state index in [2.05, 4.69) is 20.8 Å². The topological polar surface area (TPSA) is 23.6 Å². The van der Waals surface area contributed by atoms with Gasteiger partial charge in [0.15, 0.2) is 0 Å². The Bertz CT molecular complexity index is 732. The number of thioether (sulfide) groups is 1. The molecule has 1 unspecified atom stereocenters. The third kappa shape index (κ3) is 4.76. The maximum Gasteiger partial charge on any atom is 0.235 e. The van der Waals surface area contributed by atoms with E-state index in [1.807, 2.05) is 42.2 Å². The second kappa shape index (κ2) is 8.23. The summed E-state index contributed by atoms with van der Waals surface area (Å²) in [7, 11) is 0. The summed E-state index contributed by atoms with van der Waals surface area (Å²) in [5.41, 5.74) is 0.879. The first-order chi connectivity index (χ1) is 12.0. The molecule has 1 aliphatic heterocycles. The Morgan fingerprint density at radius 2 is 1.80 bits per heavy atom. The molecule has 0 saturated carbocycles. The Morgan fingerprint density at radius 1 is 1.12 bits per heavy atom. The number of benzene rings is 2. The number of carbonyl (C=O) groups is 1. The highest BCUT2D eigenvalue weighted by Crippen LogP contribution is 2.26. The molecular weight excluding hydrogens is 403 g/mol. The average Bonchev–Trinajstić information content (AvgIpc) is 2.63. The molecule has 1 saturated heterocycles. The fourth-order valence-electron chi connectivity index (χ4n) is 2.88. The van der Waals surface area contributed by atoms with Crippen LogP contribution in [0.2, 0.25) is 0 Å². The zero-order valence-corrected chi connectivity index (χ0v) is 16.4.